The van der Waals surface area contributed by atoms with Gasteiger partial charge in [0.25, 0.3) is 0 Å². The van der Waals surface area contributed by atoms with E-state index < -0.39 is 0 Å². The van der Waals surface area contributed by atoms with Crippen LogP contribution >= 0.6 is 0 Å². The molecule has 0 aliphatic heterocycles. The van der Waals surface area contributed by atoms with Gasteiger partial charge in [-0.1, -0.05) is 20.8 Å². The lowest BCUT2D eigenvalue weighted by molar-refractivity contribution is 0.505. The third-order valence-corrected chi connectivity index (χ3v) is 2.34. The van der Waals surface area contributed by atoms with Gasteiger partial charge in [-0.3, -0.25) is 0 Å². The van der Waals surface area contributed by atoms with E-state index in [1.807, 2.05) is 0 Å². The topological polar surface area (TPSA) is 17.0 Å². The molecule has 2 nitrogen and oxygen atoms in total. The summed E-state index contributed by atoms with van der Waals surface area (Å²) in [6, 6.07) is 3.20. The maximum atomic E-state index is 3.50. The highest BCUT2D eigenvalue weighted by atomic mass is 15.0. The first-order valence-corrected chi connectivity index (χ1v) is 5.55. The van der Waals surface area contributed by atoms with Crippen LogP contribution in [0.5, 0.6) is 0 Å². The summed E-state index contributed by atoms with van der Waals surface area (Å²) in [6.07, 6.45) is 5.60. The minimum atomic E-state index is 0.452. The van der Waals surface area contributed by atoms with E-state index in [4.69, 9.17) is 0 Å². The lowest BCUT2D eigenvalue weighted by Crippen LogP contribution is -2.25. The minimum absolute atomic E-state index is 0.452. The van der Waals surface area contributed by atoms with Crippen LogP contribution in [0.3, 0.4) is 0 Å². The number of aromatic nitrogens is 1. The zero-order valence-corrected chi connectivity index (χ0v) is 9.75. The van der Waals surface area contributed by atoms with Gasteiger partial charge in [-0.2, -0.15) is 0 Å². The Hall–Kier alpha value is -0.760. The second-order valence-corrected chi connectivity index (χ2v) is 4.23. The Labute approximate surface area is 87.3 Å². The summed E-state index contributed by atoms with van der Waals surface area (Å²) in [5, 5.41) is 3.50. The van der Waals surface area contributed by atoms with Gasteiger partial charge in [-0.15, -0.1) is 0 Å². The van der Waals surface area contributed by atoms with Gasteiger partial charge in [-0.05, 0) is 25.0 Å². The molecule has 0 aromatic carbocycles. The summed E-state index contributed by atoms with van der Waals surface area (Å²) < 4.78 is 2.26. The molecule has 0 fully saturated rings. The van der Waals surface area contributed by atoms with Gasteiger partial charge >= 0.3 is 0 Å². The molecule has 1 heterocycles. The van der Waals surface area contributed by atoms with Crippen molar-refractivity contribution in [1.29, 1.82) is 0 Å². The maximum Gasteiger partial charge on any atom is 0.0309 e. The van der Waals surface area contributed by atoms with Gasteiger partial charge in [-0.25, -0.2) is 0 Å². The Morgan fingerprint density at radius 1 is 1.36 bits per heavy atom. The van der Waals surface area contributed by atoms with Crippen molar-refractivity contribution in [3.05, 3.63) is 24.0 Å². The van der Waals surface area contributed by atoms with E-state index in [1.54, 1.807) is 0 Å². The van der Waals surface area contributed by atoms with Crippen molar-refractivity contribution in [2.75, 3.05) is 0 Å². The second-order valence-electron chi connectivity index (χ2n) is 4.23. The number of rotatable bonds is 5. The fraction of sp³-hybridized carbons (Fsp3) is 0.667. The van der Waals surface area contributed by atoms with E-state index in [0.717, 1.165) is 6.54 Å². The molecule has 1 aromatic rings. The SMILES string of the molecule is CCCn1ccc([C@H](C)NC(C)C)c1. The molecular formula is C12H22N2. The molecule has 1 N–H and O–H groups in total. The smallest absolute Gasteiger partial charge is 0.0309 e. The summed E-state index contributed by atoms with van der Waals surface area (Å²) in [5.41, 5.74) is 1.38. The number of nitrogens with zero attached hydrogens (tertiary/aromatic N) is 1. The summed E-state index contributed by atoms with van der Waals surface area (Å²) in [4.78, 5) is 0. The van der Waals surface area contributed by atoms with E-state index in [-0.39, 0.29) is 0 Å². The maximum absolute atomic E-state index is 3.50. The third kappa shape index (κ3) is 3.18. The molecule has 0 radical (unpaired) electrons. The summed E-state index contributed by atoms with van der Waals surface area (Å²) in [6.45, 7) is 9.90. The van der Waals surface area contributed by atoms with Crippen LogP contribution in [0, 0.1) is 0 Å². The molecule has 1 aromatic heterocycles. The Bertz CT molecular complexity index is 263. The summed E-state index contributed by atoms with van der Waals surface area (Å²) in [5.74, 6) is 0. The van der Waals surface area contributed by atoms with Crippen LogP contribution in [-0.4, -0.2) is 10.6 Å². The van der Waals surface area contributed by atoms with Crippen LogP contribution in [0.25, 0.3) is 0 Å². The Kier molecular flexibility index (Phi) is 4.21. The molecule has 0 saturated carbocycles. The molecule has 1 rings (SSSR count). The van der Waals surface area contributed by atoms with Crippen molar-refractivity contribution in [2.45, 2.75) is 52.7 Å². The zero-order chi connectivity index (χ0) is 10.6. The molecule has 0 aliphatic rings. The lowest BCUT2D eigenvalue weighted by atomic mass is 10.1. The Morgan fingerprint density at radius 3 is 2.64 bits per heavy atom. The predicted octanol–water partition coefficient (Wildman–Crippen LogP) is 2.96. The van der Waals surface area contributed by atoms with Crippen molar-refractivity contribution >= 4 is 0 Å². The van der Waals surface area contributed by atoms with Crippen molar-refractivity contribution in [3.63, 3.8) is 0 Å². The van der Waals surface area contributed by atoms with Crippen LogP contribution < -0.4 is 5.32 Å². The van der Waals surface area contributed by atoms with Gasteiger partial charge in [0, 0.05) is 31.0 Å². The van der Waals surface area contributed by atoms with Gasteiger partial charge < -0.3 is 9.88 Å². The fourth-order valence-corrected chi connectivity index (χ4v) is 1.71. The highest BCUT2D eigenvalue weighted by molar-refractivity contribution is 5.14. The summed E-state index contributed by atoms with van der Waals surface area (Å²) in [7, 11) is 0. The van der Waals surface area contributed by atoms with E-state index in [1.165, 1.54) is 12.0 Å². The highest BCUT2D eigenvalue weighted by Gasteiger charge is 2.07. The Morgan fingerprint density at radius 2 is 2.07 bits per heavy atom. The molecule has 0 bridgehead atoms. The van der Waals surface area contributed by atoms with Crippen molar-refractivity contribution < 1.29 is 0 Å². The van der Waals surface area contributed by atoms with E-state index in [9.17, 15) is 0 Å². The normalized spacial score (nSPS) is 13.5. The van der Waals surface area contributed by atoms with Crippen molar-refractivity contribution in [1.82, 2.24) is 9.88 Å². The summed E-state index contributed by atoms with van der Waals surface area (Å²) >= 11 is 0. The number of hydrogen-bond donors (Lipinski definition) is 1. The number of hydrogen-bond acceptors (Lipinski definition) is 1. The average Bonchev–Trinajstić information content (AvgIpc) is 2.52. The van der Waals surface area contributed by atoms with E-state index >= 15 is 0 Å². The zero-order valence-electron chi connectivity index (χ0n) is 9.75. The molecule has 0 spiro atoms. The average molecular weight is 194 g/mol. The first-order chi connectivity index (χ1) is 6.63. The third-order valence-electron chi connectivity index (χ3n) is 2.34. The van der Waals surface area contributed by atoms with Crippen LogP contribution in [0.15, 0.2) is 18.5 Å². The molecule has 0 aliphatic carbocycles. The largest absolute Gasteiger partial charge is 0.354 e. The molecular weight excluding hydrogens is 172 g/mol. The molecule has 1 atom stereocenters. The van der Waals surface area contributed by atoms with E-state index in [0.29, 0.717) is 12.1 Å². The Balaban J connectivity index is 2.57. The van der Waals surface area contributed by atoms with Crippen LogP contribution in [-0.2, 0) is 6.54 Å². The fourth-order valence-electron chi connectivity index (χ4n) is 1.71. The van der Waals surface area contributed by atoms with Gasteiger partial charge in [0.05, 0.1) is 0 Å². The van der Waals surface area contributed by atoms with Crippen LogP contribution in [0.4, 0.5) is 0 Å². The molecule has 0 saturated heterocycles. The lowest BCUT2D eigenvalue weighted by Gasteiger charge is -2.15. The molecule has 0 unspecified atom stereocenters. The monoisotopic (exact) mass is 194 g/mol. The molecule has 14 heavy (non-hydrogen) atoms. The van der Waals surface area contributed by atoms with Crippen molar-refractivity contribution in [3.8, 4) is 0 Å². The standard InChI is InChI=1S/C12H22N2/c1-5-7-14-8-6-12(9-14)11(4)13-10(2)3/h6,8-11,13H,5,7H2,1-4H3/t11-/m0/s1. The first kappa shape index (κ1) is 11.3. The molecule has 0 amide bonds. The predicted molar refractivity (Wildman–Crippen MR) is 61.4 cm³/mol. The van der Waals surface area contributed by atoms with Crippen LogP contribution in [0.1, 0.15) is 45.7 Å². The van der Waals surface area contributed by atoms with Gasteiger partial charge in [0.2, 0.25) is 0 Å². The van der Waals surface area contributed by atoms with Gasteiger partial charge in [0.1, 0.15) is 0 Å². The van der Waals surface area contributed by atoms with Gasteiger partial charge in [0.15, 0.2) is 0 Å². The highest BCUT2D eigenvalue weighted by Crippen LogP contribution is 2.13. The van der Waals surface area contributed by atoms with E-state index in [2.05, 4.69) is 56.0 Å². The number of nitrogens with one attached hydrogen (secondary N) is 1. The molecule has 2 heteroatoms. The quantitative estimate of drug-likeness (QED) is 0.762. The van der Waals surface area contributed by atoms with Crippen molar-refractivity contribution in [2.24, 2.45) is 0 Å². The minimum Gasteiger partial charge on any atom is -0.354 e. The molecule has 80 valence electrons. The number of aryl methyl sites for hydroxylation is 1. The van der Waals surface area contributed by atoms with Crippen LogP contribution in [0.2, 0.25) is 0 Å². The first-order valence-electron chi connectivity index (χ1n) is 5.55. The second kappa shape index (κ2) is 5.20.